The van der Waals surface area contributed by atoms with Crippen LogP contribution in [0.2, 0.25) is 0 Å². The summed E-state index contributed by atoms with van der Waals surface area (Å²) >= 11 is 0. The lowest BCUT2D eigenvalue weighted by Gasteiger charge is -2.14. The first-order valence-corrected chi connectivity index (χ1v) is 10.5. The summed E-state index contributed by atoms with van der Waals surface area (Å²) in [5.74, 6) is 0.786. The Morgan fingerprint density at radius 2 is 1.71 bits per heavy atom. The van der Waals surface area contributed by atoms with Gasteiger partial charge in [-0.3, -0.25) is 4.79 Å². The molecule has 0 fully saturated rings. The topological polar surface area (TPSA) is 50.4 Å². The van der Waals surface area contributed by atoms with Crippen LogP contribution >= 0.6 is 0 Å². The van der Waals surface area contributed by atoms with Gasteiger partial charge >= 0.3 is 0 Å². The van der Waals surface area contributed by atoms with Crippen molar-refractivity contribution in [3.8, 4) is 5.75 Å². The number of rotatable bonds is 12. The fourth-order valence-electron chi connectivity index (χ4n) is 3.18. The van der Waals surface area contributed by atoms with Crippen LogP contribution in [0.15, 0.2) is 42.5 Å². The van der Waals surface area contributed by atoms with E-state index < -0.39 is 0 Å². The van der Waals surface area contributed by atoms with Crippen molar-refractivity contribution in [2.75, 3.05) is 23.8 Å². The Morgan fingerprint density at radius 3 is 2.43 bits per heavy atom. The summed E-state index contributed by atoms with van der Waals surface area (Å²) in [6.07, 6.45) is 7.08. The smallest absolute Gasteiger partial charge is 0.243 e. The van der Waals surface area contributed by atoms with E-state index >= 15 is 0 Å². The van der Waals surface area contributed by atoms with Gasteiger partial charge in [0.05, 0.1) is 13.2 Å². The Kier molecular flexibility index (Phi) is 9.40. The molecule has 0 aromatic heterocycles. The van der Waals surface area contributed by atoms with E-state index in [4.69, 9.17) is 4.74 Å². The van der Waals surface area contributed by atoms with Gasteiger partial charge in [0.15, 0.2) is 0 Å². The summed E-state index contributed by atoms with van der Waals surface area (Å²) in [7, 11) is 0. The highest BCUT2D eigenvalue weighted by atomic mass is 16.5. The molecular formula is C24H34N2O2. The molecule has 4 nitrogen and oxygen atoms in total. The van der Waals surface area contributed by atoms with E-state index in [9.17, 15) is 4.79 Å². The second-order valence-corrected chi connectivity index (χ2v) is 7.15. The molecule has 0 radical (unpaired) electrons. The Morgan fingerprint density at radius 1 is 0.964 bits per heavy atom. The maximum atomic E-state index is 12.3. The number of carbonyl (C=O) groups excluding carboxylic acids is 1. The van der Waals surface area contributed by atoms with Crippen molar-refractivity contribution >= 4 is 17.3 Å². The lowest BCUT2D eigenvalue weighted by atomic mass is 10.1. The third kappa shape index (κ3) is 7.26. The Bertz CT molecular complexity index is 726. The van der Waals surface area contributed by atoms with E-state index in [-0.39, 0.29) is 12.5 Å². The van der Waals surface area contributed by atoms with Gasteiger partial charge in [0, 0.05) is 11.4 Å². The van der Waals surface area contributed by atoms with E-state index in [0.717, 1.165) is 42.1 Å². The zero-order valence-electron chi connectivity index (χ0n) is 17.5. The van der Waals surface area contributed by atoms with Gasteiger partial charge in [0.1, 0.15) is 5.75 Å². The summed E-state index contributed by atoms with van der Waals surface area (Å²) < 4.78 is 5.77. The van der Waals surface area contributed by atoms with Crippen molar-refractivity contribution in [3.05, 3.63) is 53.6 Å². The maximum Gasteiger partial charge on any atom is 0.243 e. The summed E-state index contributed by atoms with van der Waals surface area (Å²) in [6.45, 7) is 7.39. The van der Waals surface area contributed by atoms with Crippen LogP contribution in [-0.2, 0) is 11.2 Å². The molecule has 0 atom stereocenters. The van der Waals surface area contributed by atoms with Crippen LogP contribution in [0.25, 0.3) is 0 Å². The number of aryl methyl sites for hydroxylation is 2. The van der Waals surface area contributed by atoms with Crippen LogP contribution in [-0.4, -0.2) is 19.1 Å². The average Bonchev–Trinajstić information content (AvgIpc) is 2.70. The van der Waals surface area contributed by atoms with Gasteiger partial charge in [-0.25, -0.2) is 0 Å². The molecule has 0 aliphatic heterocycles. The lowest BCUT2D eigenvalue weighted by molar-refractivity contribution is -0.114. The SMILES string of the molecule is CCCCCCCOc1ccc(NC(=O)CNc2c(C)cccc2CC)cc1. The number of hydrogen-bond acceptors (Lipinski definition) is 3. The molecule has 28 heavy (non-hydrogen) atoms. The number of nitrogens with one attached hydrogen (secondary N) is 2. The first kappa shape index (κ1) is 21.8. The van der Waals surface area contributed by atoms with Crippen molar-refractivity contribution < 1.29 is 9.53 Å². The number of hydrogen-bond donors (Lipinski definition) is 2. The Labute approximate surface area is 169 Å². The second kappa shape index (κ2) is 12.1. The molecule has 4 heteroatoms. The van der Waals surface area contributed by atoms with Crippen molar-refractivity contribution in [2.24, 2.45) is 0 Å². The average molecular weight is 383 g/mol. The van der Waals surface area contributed by atoms with E-state index in [1.54, 1.807) is 0 Å². The van der Waals surface area contributed by atoms with Crippen LogP contribution in [0, 0.1) is 6.92 Å². The number of carbonyl (C=O) groups is 1. The zero-order chi connectivity index (χ0) is 20.2. The van der Waals surface area contributed by atoms with Gasteiger partial charge in [0.25, 0.3) is 0 Å². The van der Waals surface area contributed by atoms with E-state index in [1.165, 1.54) is 31.2 Å². The summed E-state index contributed by atoms with van der Waals surface area (Å²) in [6, 6.07) is 13.8. The molecule has 0 spiro atoms. The van der Waals surface area contributed by atoms with Gasteiger partial charge in [-0.1, -0.05) is 57.7 Å². The maximum absolute atomic E-state index is 12.3. The van der Waals surface area contributed by atoms with E-state index in [2.05, 4.69) is 43.5 Å². The highest BCUT2D eigenvalue weighted by molar-refractivity contribution is 5.94. The van der Waals surface area contributed by atoms with Crippen molar-refractivity contribution in [1.82, 2.24) is 0 Å². The number of ether oxygens (including phenoxy) is 1. The van der Waals surface area contributed by atoms with Gasteiger partial charge in [-0.15, -0.1) is 0 Å². The molecule has 0 saturated heterocycles. The van der Waals surface area contributed by atoms with Gasteiger partial charge in [-0.05, 0) is 55.2 Å². The Balaban J connectivity index is 1.75. The van der Waals surface area contributed by atoms with Crippen LogP contribution in [0.5, 0.6) is 5.75 Å². The summed E-state index contributed by atoms with van der Waals surface area (Å²) in [4.78, 5) is 12.3. The largest absolute Gasteiger partial charge is 0.494 e. The molecule has 0 aliphatic carbocycles. The highest BCUT2D eigenvalue weighted by Gasteiger charge is 2.07. The molecule has 0 unspecified atom stereocenters. The second-order valence-electron chi connectivity index (χ2n) is 7.15. The van der Waals surface area contributed by atoms with Crippen molar-refractivity contribution in [1.29, 1.82) is 0 Å². The first-order chi connectivity index (χ1) is 13.6. The third-order valence-corrected chi connectivity index (χ3v) is 4.82. The fraction of sp³-hybridized carbons (Fsp3) is 0.458. The van der Waals surface area contributed by atoms with Gasteiger partial charge in [0.2, 0.25) is 5.91 Å². The molecule has 0 saturated carbocycles. The number of benzene rings is 2. The summed E-state index contributed by atoms with van der Waals surface area (Å²) in [5.41, 5.74) is 4.22. The minimum atomic E-state index is -0.0603. The van der Waals surface area contributed by atoms with E-state index in [0.29, 0.717) is 0 Å². The number of anilines is 2. The Hall–Kier alpha value is -2.49. The minimum absolute atomic E-state index is 0.0603. The predicted molar refractivity (Wildman–Crippen MR) is 118 cm³/mol. The molecule has 2 N–H and O–H groups in total. The van der Waals surface area contributed by atoms with Gasteiger partial charge in [-0.2, -0.15) is 0 Å². The third-order valence-electron chi connectivity index (χ3n) is 4.82. The van der Waals surface area contributed by atoms with Gasteiger partial charge < -0.3 is 15.4 Å². The number of unbranched alkanes of at least 4 members (excludes halogenated alkanes) is 4. The number of para-hydroxylation sites is 1. The molecule has 2 aromatic rings. The van der Waals surface area contributed by atoms with Crippen LogP contribution in [0.1, 0.15) is 57.1 Å². The minimum Gasteiger partial charge on any atom is -0.494 e. The molecule has 1 amide bonds. The molecule has 152 valence electrons. The molecule has 2 rings (SSSR count). The van der Waals surface area contributed by atoms with Crippen LogP contribution < -0.4 is 15.4 Å². The van der Waals surface area contributed by atoms with Crippen LogP contribution in [0.3, 0.4) is 0 Å². The fourth-order valence-corrected chi connectivity index (χ4v) is 3.18. The lowest BCUT2D eigenvalue weighted by Crippen LogP contribution is -2.22. The molecule has 0 aliphatic rings. The normalized spacial score (nSPS) is 10.5. The first-order valence-electron chi connectivity index (χ1n) is 10.5. The molecule has 0 bridgehead atoms. The number of amides is 1. The van der Waals surface area contributed by atoms with Crippen molar-refractivity contribution in [3.63, 3.8) is 0 Å². The molecule has 0 heterocycles. The zero-order valence-corrected chi connectivity index (χ0v) is 17.5. The quantitative estimate of drug-likeness (QED) is 0.446. The highest BCUT2D eigenvalue weighted by Crippen LogP contribution is 2.21. The molecular weight excluding hydrogens is 348 g/mol. The monoisotopic (exact) mass is 382 g/mol. The van der Waals surface area contributed by atoms with Crippen LogP contribution in [0.4, 0.5) is 11.4 Å². The van der Waals surface area contributed by atoms with Crippen molar-refractivity contribution in [2.45, 2.75) is 59.3 Å². The van der Waals surface area contributed by atoms with E-state index in [1.807, 2.05) is 30.3 Å². The standard InChI is InChI=1S/C24H34N2O2/c1-4-6-7-8-9-17-28-22-15-13-21(14-16-22)26-23(27)18-25-24-19(3)11-10-12-20(24)5-2/h10-16,25H,4-9,17-18H2,1-3H3,(H,26,27). The molecule has 2 aromatic carbocycles. The predicted octanol–water partition coefficient (Wildman–Crippen LogP) is 5.96. The summed E-state index contributed by atoms with van der Waals surface area (Å²) in [5, 5.41) is 6.21.